The van der Waals surface area contributed by atoms with Crippen molar-refractivity contribution < 1.29 is 23.9 Å². The van der Waals surface area contributed by atoms with Crippen molar-refractivity contribution in [1.82, 2.24) is 4.90 Å². The van der Waals surface area contributed by atoms with Gasteiger partial charge in [0.1, 0.15) is 6.04 Å². The monoisotopic (exact) mass is 460 g/mol. The summed E-state index contributed by atoms with van der Waals surface area (Å²) in [7, 11) is 1.34. The van der Waals surface area contributed by atoms with E-state index in [2.05, 4.69) is 0 Å². The number of rotatable bonds is 3. The van der Waals surface area contributed by atoms with Gasteiger partial charge in [-0.3, -0.25) is 14.4 Å². The Kier molecular flexibility index (Phi) is 5.50. The number of benzene rings is 2. The van der Waals surface area contributed by atoms with E-state index in [0.717, 1.165) is 36.8 Å². The quantitative estimate of drug-likeness (QED) is 0.510. The summed E-state index contributed by atoms with van der Waals surface area (Å²) < 4.78 is 5.01. The van der Waals surface area contributed by atoms with E-state index in [9.17, 15) is 19.2 Å². The molecule has 3 unspecified atom stereocenters. The van der Waals surface area contributed by atoms with Crippen LogP contribution in [0.5, 0.6) is 0 Å². The van der Waals surface area contributed by atoms with E-state index in [1.807, 2.05) is 32.0 Å². The molecule has 5 rings (SSSR count). The molecule has 3 atom stereocenters. The number of hydrogen-bond donors (Lipinski definition) is 0. The Morgan fingerprint density at radius 2 is 1.68 bits per heavy atom. The molecular formula is C27H28N2O5. The van der Waals surface area contributed by atoms with Crippen LogP contribution in [-0.4, -0.2) is 47.8 Å². The van der Waals surface area contributed by atoms with E-state index in [1.165, 1.54) is 18.1 Å². The third-order valence-electron chi connectivity index (χ3n) is 7.53. The van der Waals surface area contributed by atoms with Crippen LogP contribution in [0.3, 0.4) is 0 Å². The lowest BCUT2D eigenvalue weighted by Crippen LogP contribution is -2.46. The number of anilines is 1. The third-order valence-corrected chi connectivity index (χ3v) is 7.53. The van der Waals surface area contributed by atoms with Crippen molar-refractivity contribution in [3.05, 3.63) is 64.2 Å². The summed E-state index contributed by atoms with van der Waals surface area (Å²) in [6, 6.07) is 9.64. The summed E-state index contributed by atoms with van der Waals surface area (Å²) in [4.78, 5) is 55.5. The number of nitrogens with zero attached hydrogens (tertiary/aromatic N) is 2. The maximum absolute atomic E-state index is 13.7. The molecule has 0 bridgehead atoms. The summed E-state index contributed by atoms with van der Waals surface area (Å²) >= 11 is 0. The Morgan fingerprint density at radius 3 is 2.44 bits per heavy atom. The number of likely N-dealkylation sites (tertiary alicyclic amines) is 1. The molecule has 1 saturated carbocycles. The van der Waals surface area contributed by atoms with Crippen LogP contribution < -0.4 is 4.90 Å². The maximum atomic E-state index is 13.7. The fourth-order valence-corrected chi connectivity index (χ4v) is 5.80. The lowest BCUT2D eigenvalue weighted by atomic mass is 9.84. The molecule has 1 aliphatic carbocycles. The van der Waals surface area contributed by atoms with Crippen LogP contribution in [0.2, 0.25) is 0 Å². The van der Waals surface area contributed by atoms with Gasteiger partial charge in [-0.15, -0.1) is 0 Å². The molecule has 3 amide bonds. The largest absolute Gasteiger partial charge is 0.467 e. The van der Waals surface area contributed by atoms with E-state index < -0.39 is 23.8 Å². The van der Waals surface area contributed by atoms with Gasteiger partial charge < -0.3 is 9.64 Å². The smallest absolute Gasteiger partial charge is 0.328 e. The Bertz CT molecular complexity index is 1220. The number of carbonyl (C=O) groups excluding carboxylic acids is 4. The van der Waals surface area contributed by atoms with Crippen LogP contribution in [0.15, 0.2) is 36.4 Å². The molecule has 0 spiro atoms. The number of aryl methyl sites for hydroxylation is 2. The fraction of sp³-hybridized carbons (Fsp3) is 0.407. The molecule has 7 nitrogen and oxygen atoms in total. The highest BCUT2D eigenvalue weighted by molar-refractivity contribution is 6.35. The Balaban J connectivity index is 1.50. The van der Waals surface area contributed by atoms with Crippen molar-refractivity contribution in [1.29, 1.82) is 0 Å². The topological polar surface area (TPSA) is 84.0 Å². The SMILES string of the molecule is COC(=O)C1CC2CCCCC2N1C(=O)c1ccc2c(c1)C(=O)N(c1cc(C)ccc1C)C2=O. The summed E-state index contributed by atoms with van der Waals surface area (Å²) in [6.07, 6.45) is 4.56. The Morgan fingerprint density at radius 1 is 0.941 bits per heavy atom. The lowest BCUT2D eigenvalue weighted by Gasteiger charge is -2.33. The molecule has 34 heavy (non-hydrogen) atoms. The molecule has 176 valence electrons. The second kappa shape index (κ2) is 8.38. The van der Waals surface area contributed by atoms with Crippen molar-refractivity contribution in [3.63, 3.8) is 0 Å². The highest BCUT2D eigenvalue weighted by Crippen LogP contribution is 2.41. The highest BCUT2D eigenvalue weighted by Gasteiger charge is 2.48. The molecule has 1 saturated heterocycles. The first-order valence-corrected chi connectivity index (χ1v) is 11.8. The minimum Gasteiger partial charge on any atom is -0.467 e. The van der Waals surface area contributed by atoms with Crippen LogP contribution in [0.4, 0.5) is 5.69 Å². The third kappa shape index (κ3) is 3.42. The minimum atomic E-state index is -0.623. The molecule has 2 fully saturated rings. The zero-order valence-electron chi connectivity index (χ0n) is 19.7. The lowest BCUT2D eigenvalue weighted by molar-refractivity contribution is -0.145. The Labute approximate surface area is 198 Å². The number of carbonyl (C=O) groups is 4. The molecule has 2 heterocycles. The van der Waals surface area contributed by atoms with Gasteiger partial charge in [-0.2, -0.15) is 0 Å². The first-order chi connectivity index (χ1) is 16.3. The van der Waals surface area contributed by atoms with Gasteiger partial charge in [0.25, 0.3) is 17.7 Å². The first kappa shape index (κ1) is 22.3. The first-order valence-electron chi connectivity index (χ1n) is 11.8. The zero-order valence-corrected chi connectivity index (χ0v) is 19.7. The molecule has 0 N–H and O–H groups in total. The van der Waals surface area contributed by atoms with E-state index >= 15 is 0 Å². The van der Waals surface area contributed by atoms with Crippen molar-refractivity contribution in [2.45, 2.75) is 58.0 Å². The van der Waals surface area contributed by atoms with Gasteiger partial charge in [0.2, 0.25) is 0 Å². The van der Waals surface area contributed by atoms with Crippen LogP contribution in [0.1, 0.15) is 74.3 Å². The number of amides is 3. The van der Waals surface area contributed by atoms with Gasteiger partial charge in [0.15, 0.2) is 0 Å². The summed E-state index contributed by atoms with van der Waals surface area (Å²) in [5, 5.41) is 0. The van der Waals surface area contributed by atoms with Crippen LogP contribution in [0.25, 0.3) is 0 Å². The number of ether oxygens (including phenoxy) is 1. The molecule has 2 aliphatic heterocycles. The van der Waals surface area contributed by atoms with Crippen LogP contribution in [0, 0.1) is 19.8 Å². The molecule has 7 heteroatoms. The molecule has 0 radical (unpaired) electrons. The predicted molar refractivity (Wildman–Crippen MR) is 126 cm³/mol. The summed E-state index contributed by atoms with van der Waals surface area (Å²) in [5.74, 6) is -1.26. The Hall–Kier alpha value is -3.48. The van der Waals surface area contributed by atoms with Crippen LogP contribution >= 0.6 is 0 Å². The average molecular weight is 461 g/mol. The standard InChI is InChI=1S/C27H28N2O5/c1-15-8-9-16(2)22(12-15)29-25(31)19-11-10-18(13-20(19)26(29)32)24(30)28-21-7-5-4-6-17(21)14-23(28)27(33)34-3/h8-13,17,21,23H,4-7,14H2,1-3H3. The maximum Gasteiger partial charge on any atom is 0.328 e. The highest BCUT2D eigenvalue weighted by atomic mass is 16.5. The van der Waals surface area contributed by atoms with E-state index in [-0.39, 0.29) is 29.0 Å². The summed E-state index contributed by atoms with van der Waals surface area (Å²) in [6.45, 7) is 3.76. The van der Waals surface area contributed by atoms with Gasteiger partial charge in [0.05, 0.1) is 23.9 Å². The van der Waals surface area contributed by atoms with E-state index in [0.29, 0.717) is 17.7 Å². The average Bonchev–Trinajstić information content (AvgIpc) is 3.35. The minimum absolute atomic E-state index is 0.0117. The van der Waals surface area contributed by atoms with Crippen molar-refractivity contribution in [3.8, 4) is 0 Å². The van der Waals surface area contributed by atoms with Crippen molar-refractivity contribution in [2.75, 3.05) is 12.0 Å². The van der Waals surface area contributed by atoms with E-state index in [1.54, 1.807) is 17.0 Å². The van der Waals surface area contributed by atoms with Crippen molar-refractivity contribution in [2.24, 2.45) is 5.92 Å². The second-order valence-electron chi connectivity index (χ2n) is 9.59. The number of methoxy groups -OCH3 is 1. The number of imide groups is 1. The zero-order chi connectivity index (χ0) is 24.1. The number of fused-ring (bicyclic) bond motifs is 2. The van der Waals surface area contributed by atoms with Gasteiger partial charge in [-0.25, -0.2) is 9.69 Å². The molecule has 0 aromatic heterocycles. The fourth-order valence-electron chi connectivity index (χ4n) is 5.80. The van der Waals surface area contributed by atoms with Gasteiger partial charge in [0, 0.05) is 11.6 Å². The van der Waals surface area contributed by atoms with Gasteiger partial charge >= 0.3 is 5.97 Å². The molecule has 2 aromatic rings. The van der Waals surface area contributed by atoms with Crippen LogP contribution in [-0.2, 0) is 9.53 Å². The second-order valence-corrected chi connectivity index (χ2v) is 9.59. The molecular weight excluding hydrogens is 432 g/mol. The number of hydrogen-bond acceptors (Lipinski definition) is 5. The van der Waals surface area contributed by atoms with E-state index in [4.69, 9.17) is 4.74 Å². The predicted octanol–water partition coefficient (Wildman–Crippen LogP) is 4.05. The molecule has 3 aliphatic rings. The normalized spacial score (nSPS) is 23.7. The summed E-state index contributed by atoms with van der Waals surface area (Å²) in [5.41, 5.74) is 3.11. The van der Waals surface area contributed by atoms with Gasteiger partial charge in [-0.1, -0.05) is 25.0 Å². The van der Waals surface area contributed by atoms with Crippen molar-refractivity contribution >= 4 is 29.4 Å². The molecule has 2 aromatic carbocycles. The van der Waals surface area contributed by atoms with Gasteiger partial charge in [-0.05, 0) is 74.4 Å². The number of esters is 1.